The Balaban J connectivity index is 1.62. The first-order valence-electron chi connectivity index (χ1n) is 12.9. The summed E-state index contributed by atoms with van der Waals surface area (Å²) in [5.74, 6) is -0.0884. The molecule has 0 spiro atoms. The fraction of sp³-hybridized carbons (Fsp3) is 0.167. The van der Waals surface area contributed by atoms with Crippen LogP contribution in [0.1, 0.15) is 36.6 Å². The number of nitrogens with zero attached hydrogens (tertiary/aromatic N) is 3. The van der Waals surface area contributed by atoms with Crippen LogP contribution < -0.4 is 19.6 Å². The molecule has 0 N–H and O–H groups in total. The molecule has 1 atom stereocenters. The summed E-state index contributed by atoms with van der Waals surface area (Å²) < 4.78 is 14.0. The zero-order valence-corrected chi connectivity index (χ0v) is 27.2. The highest BCUT2D eigenvalue weighted by molar-refractivity contribution is 14.1. The molecule has 3 aromatic carbocycles. The quantitative estimate of drug-likeness (QED) is 0.0919. The van der Waals surface area contributed by atoms with Crippen molar-refractivity contribution < 1.29 is 19.2 Å². The van der Waals surface area contributed by atoms with E-state index in [-0.39, 0.29) is 30.0 Å². The molecule has 9 nitrogen and oxygen atoms in total. The van der Waals surface area contributed by atoms with Crippen molar-refractivity contribution >= 4 is 74.9 Å². The van der Waals surface area contributed by atoms with E-state index in [4.69, 9.17) is 32.7 Å². The lowest BCUT2D eigenvalue weighted by atomic mass is 9.96. The van der Waals surface area contributed by atoms with Gasteiger partial charge in [0.1, 0.15) is 18.4 Å². The maximum absolute atomic E-state index is 14.0. The number of esters is 1. The van der Waals surface area contributed by atoms with E-state index >= 15 is 0 Å². The Morgan fingerprint density at radius 1 is 1.19 bits per heavy atom. The number of nitro benzene ring substituents is 1. The van der Waals surface area contributed by atoms with Crippen LogP contribution in [-0.2, 0) is 16.1 Å². The van der Waals surface area contributed by atoms with Crippen molar-refractivity contribution in [2.24, 2.45) is 4.99 Å². The maximum atomic E-state index is 14.0. The van der Waals surface area contributed by atoms with Crippen molar-refractivity contribution in [1.82, 2.24) is 4.57 Å². The Hall–Kier alpha value is -3.52. The van der Waals surface area contributed by atoms with Gasteiger partial charge < -0.3 is 9.47 Å². The molecule has 0 amide bonds. The normalized spacial score (nSPS) is 14.7. The third-order valence-electron chi connectivity index (χ3n) is 6.57. The number of hydrogen-bond donors (Lipinski definition) is 0. The van der Waals surface area contributed by atoms with Gasteiger partial charge in [0.2, 0.25) is 0 Å². The van der Waals surface area contributed by atoms with Gasteiger partial charge in [0.25, 0.3) is 11.2 Å². The van der Waals surface area contributed by atoms with Crippen LogP contribution in [0.5, 0.6) is 5.75 Å². The second-order valence-electron chi connectivity index (χ2n) is 9.34. The molecule has 43 heavy (non-hydrogen) atoms. The minimum Gasteiger partial charge on any atom is -0.487 e. The summed E-state index contributed by atoms with van der Waals surface area (Å²) in [5, 5.41) is 11.8. The van der Waals surface area contributed by atoms with Gasteiger partial charge in [-0.2, -0.15) is 0 Å². The minimum atomic E-state index is -0.844. The number of ether oxygens (including phenoxy) is 2. The standard InChI is InChI=1S/C30H22Cl2IN3O6S/c1-3-41-29(38)25-16(2)34-30-35(26(25)21-6-4-5-7-22(21)32)28(37)24(43-30)13-18-12-19(31)14-23(33)27(18)42-15-17-8-10-20(11-9-17)36(39)40/h4-14,26H,3,15H2,1-2H3/b24-13-/t26-/m1/s1. The first kappa shape index (κ1) is 30.9. The van der Waals surface area contributed by atoms with Crippen LogP contribution >= 0.6 is 57.1 Å². The highest BCUT2D eigenvalue weighted by Crippen LogP contribution is 2.35. The molecule has 0 unspecified atom stereocenters. The maximum Gasteiger partial charge on any atom is 0.338 e. The summed E-state index contributed by atoms with van der Waals surface area (Å²) in [6.07, 6.45) is 1.68. The molecule has 0 bridgehead atoms. The molecule has 0 fully saturated rings. The highest BCUT2D eigenvalue weighted by atomic mass is 127. The molecular weight excluding hydrogens is 728 g/mol. The molecule has 220 valence electrons. The van der Waals surface area contributed by atoms with E-state index in [2.05, 4.69) is 27.6 Å². The summed E-state index contributed by atoms with van der Waals surface area (Å²) >= 11 is 16.3. The lowest BCUT2D eigenvalue weighted by Crippen LogP contribution is -2.40. The number of fused-ring (bicyclic) bond motifs is 1. The summed E-state index contributed by atoms with van der Waals surface area (Å²) in [7, 11) is 0. The minimum absolute atomic E-state index is 0.0164. The summed E-state index contributed by atoms with van der Waals surface area (Å²) in [4.78, 5) is 42.7. The Labute approximate surface area is 273 Å². The largest absolute Gasteiger partial charge is 0.487 e. The first-order valence-corrected chi connectivity index (χ1v) is 15.5. The number of hydrogen-bond acceptors (Lipinski definition) is 8. The number of thiazole rings is 1. The third kappa shape index (κ3) is 6.40. The summed E-state index contributed by atoms with van der Waals surface area (Å²) in [5.41, 5.74) is 2.12. The predicted octanol–water partition coefficient (Wildman–Crippen LogP) is 6.20. The van der Waals surface area contributed by atoms with Crippen molar-refractivity contribution in [3.05, 3.63) is 132 Å². The molecule has 13 heteroatoms. The van der Waals surface area contributed by atoms with E-state index in [1.54, 1.807) is 68.5 Å². The van der Waals surface area contributed by atoms with E-state index in [0.717, 1.165) is 5.56 Å². The Bertz CT molecular complexity index is 1970. The fourth-order valence-corrected chi connectivity index (χ4v) is 7.12. The SMILES string of the molecule is CCOC(=O)C1=C(C)N=c2s/c(=C\c3cc(Cl)cc(I)c3OCc3ccc([N+](=O)[O-])cc3)c(=O)n2[C@@H]1c1ccccc1Cl. The van der Waals surface area contributed by atoms with Crippen LogP contribution in [0, 0.1) is 13.7 Å². The third-order valence-corrected chi connectivity index (χ3v) is 8.92. The van der Waals surface area contributed by atoms with Crippen molar-refractivity contribution in [2.75, 3.05) is 6.61 Å². The summed E-state index contributed by atoms with van der Waals surface area (Å²) in [6.45, 7) is 3.70. The Morgan fingerprint density at radius 2 is 1.91 bits per heavy atom. The van der Waals surface area contributed by atoms with Gasteiger partial charge in [-0.1, -0.05) is 52.7 Å². The molecular formula is C30H22Cl2IN3O6S. The molecule has 0 saturated carbocycles. The number of carbonyl (C=O) groups is 1. The smallest absolute Gasteiger partial charge is 0.338 e. The average Bonchev–Trinajstić information content (AvgIpc) is 3.26. The van der Waals surface area contributed by atoms with Crippen LogP contribution in [-0.4, -0.2) is 22.1 Å². The highest BCUT2D eigenvalue weighted by Gasteiger charge is 2.34. The number of benzene rings is 3. The molecule has 0 radical (unpaired) electrons. The van der Waals surface area contributed by atoms with Crippen LogP contribution in [0.2, 0.25) is 10.0 Å². The topological polar surface area (TPSA) is 113 Å². The average molecular weight is 750 g/mol. The molecule has 1 aliphatic heterocycles. The summed E-state index contributed by atoms with van der Waals surface area (Å²) in [6, 6.07) is 15.7. The fourth-order valence-electron chi connectivity index (χ4n) is 4.63. The Kier molecular flexibility index (Phi) is 9.35. The van der Waals surface area contributed by atoms with Crippen LogP contribution in [0.15, 0.2) is 81.7 Å². The number of nitro groups is 1. The van der Waals surface area contributed by atoms with Gasteiger partial charge in [0, 0.05) is 27.7 Å². The van der Waals surface area contributed by atoms with Crippen molar-refractivity contribution in [2.45, 2.75) is 26.5 Å². The number of rotatable bonds is 8. The van der Waals surface area contributed by atoms with Crippen molar-refractivity contribution in [3.8, 4) is 5.75 Å². The first-order chi connectivity index (χ1) is 20.6. The number of halogens is 3. The van der Waals surface area contributed by atoms with Gasteiger partial charge in [-0.3, -0.25) is 19.5 Å². The zero-order chi connectivity index (χ0) is 30.8. The van der Waals surface area contributed by atoms with Crippen LogP contribution in [0.4, 0.5) is 5.69 Å². The van der Waals surface area contributed by atoms with E-state index in [0.29, 0.717) is 45.5 Å². The molecule has 2 heterocycles. The van der Waals surface area contributed by atoms with Gasteiger partial charge >= 0.3 is 5.97 Å². The second kappa shape index (κ2) is 13.0. The van der Waals surface area contributed by atoms with Crippen molar-refractivity contribution in [3.63, 3.8) is 0 Å². The van der Waals surface area contributed by atoms with Crippen molar-refractivity contribution in [1.29, 1.82) is 0 Å². The number of non-ortho nitro benzene ring substituents is 1. The molecule has 4 aromatic rings. The zero-order valence-electron chi connectivity index (χ0n) is 22.7. The molecule has 1 aromatic heterocycles. The van der Waals surface area contributed by atoms with Gasteiger partial charge in [0.15, 0.2) is 4.80 Å². The van der Waals surface area contributed by atoms with Crippen LogP contribution in [0.25, 0.3) is 6.08 Å². The molecule has 0 aliphatic carbocycles. The van der Waals surface area contributed by atoms with E-state index in [1.165, 1.54) is 28.0 Å². The van der Waals surface area contributed by atoms with Gasteiger partial charge in [-0.25, -0.2) is 9.79 Å². The Morgan fingerprint density at radius 3 is 2.58 bits per heavy atom. The molecule has 5 rings (SSSR count). The van der Waals surface area contributed by atoms with Gasteiger partial charge in [-0.05, 0) is 84.0 Å². The number of aromatic nitrogens is 1. The van der Waals surface area contributed by atoms with Gasteiger partial charge in [0.05, 0.1) is 30.9 Å². The number of carbonyl (C=O) groups excluding carboxylic acids is 1. The van der Waals surface area contributed by atoms with E-state index in [1.807, 2.05) is 0 Å². The molecule has 1 aliphatic rings. The van der Waals surface area contributed by atoms with E-state index < -0.39 is 16.9 Å². The van der Waals surface area contributed by atoms with E-state index in [9.17, 15) is 19.7 Å². The number of allylic oxidation sites excluding steroid dienone is 1. The second-order valence-corrected chi connectivity index (χ2v) is 12.4. The molecule has 0 saturated heterocycles. The predicted molar refractivity (Wildman–Crippen MR) is 173 cm³/mol. The van der Waals surface area contributed by atoms with Crippen LogP contribution in [0.3, 0.4) is 0 Å². The van der Waals surface area contributed by atoms with Gasteiger partial charge in [-0.15, -0.1) is 0 Å². The lowest BCUT2D eigenvalue weighted by molar-refractivity contribution is -0.384. The lowest BCUT2D eigenvalue weighted by Gasteiger charge is -2.25. The monoisotopic (exact) mass is 749 g/mol.